The van der Waals surface area contributed by atoms with Gasteiger partial charge in [0.25, 0.3) is 0 Å². The number of rotatable bonds is 9. The first-order valence-electron chi connectivity index (χ1n) is 8.33. The molecule has 7 heteroatoms. The molecule has 0 fully saturated rings. The summed E-state index contributed by atoms with van der Waals surface area (Å²) in [4.78, 5) is 35.8. The van der Waals surface area contributed by atoms with Crippen molar-refractivity contribution >= 4 is 17.9 Å². The van der Waals surface area contributed by atoms with Gasteiger partial charge in [0, 0.05) is 6.42 Å². The molecule has 0 aromatic heterocycles. The van der Waals surface area contributed by atoms with Crippen LogP contribution in [0.3, 0.4) is 0 Å². The number of terminal acetylenes is 1. The van der Waals surface area contributed by atoms with Gasteiger partial charge in [0.05, 0.1) is 0 Å². The average Bonchev–Trinajstić information content (AvgIpc) is 2.59. The molecule has 7 nitrogen and oxygen atoms in total. The lowest BCUT2D eigenvalue weighted by atomic mass is 10.0. The van der Waals surface area contributed by atoms with Crippen LogP contribution in [0.2, 0.25) is 0 Å². The predicted molar refractivity (Wildman–Crippen MR) is 97.6 cm³/mol. The standard InChI is InChI=1S/C19H25N3O4/c1-4-8-15(17(20)23)21-18(24)16(11-13(2)3)22-19(25)26-12-14-9-6-5-7-10-14/h1,5-7,9-10,13,15-16H,8,11-12H2,2-3H3,(H2,20,23)(H,21,24)(H,22,25)/t15-,16-/m0/s1. The highest BCUT2D eigenvalue weighted by Crippen LogP contribution is 2.07. The summed E-state index contributed by atoms with van der Waals surface area (Å²) >= 11 is 0. The molecule has 0 unspecified atom stereocenters. The average molecular weight is 359 g/mol. The summed E-state index contributed by atoms with van der Waals surface area (Å²) in [5, 5.41) is 5.00. The number of hydrogen-bond acceptors (Lipinski definition) is 4. The van der Waals surface area contributed by atoms with E-state index in [0.717, 1.165) is 5.56 Å². The van der Waals surface area contributed by atoms with Crippen LogP contribution in [0.5, 0.6) is 0 Å². The molecule has 0 aliphatic rings. The van der Waals surface area contributed by atoms with Crippen LogP contribution in [-0.2, 0) is 20.9 Å². The fourth-order valence-corrected chi connectivity index (χ4v) is 2.22. The second-order valence-electron chi connectivity index (χ2n) is 6.26. The van der Waals surface area contributed by atoms with Crippen LogP contribution in [0.1, 0.15) is 32.3 Å². The molecule has 3 amide bonds. The first-order valence-corrected chi connectivity index (χ1v) is 8.33. The maximum absolute atomic E-state index is 12.4. The summed E-state index contributed by atoms with van der Waals surface area (Å²) in [5.41, 5.74) is 6.05. The van der Waals surface area contributed by atoms with E-state index in [1.54, 1.807) is 0 Å². The lowest BCUT2D eigenvalue weighted by molar-refractivity contribution is -0.128. The molecule has 1 rings (SSSR count). The van der Waals surface area contributed by atoms with Crippen molar-refractivity contribution in [2.24, 2.45) is 11.7 Å². The number of nitrogens with two attached hydrogens (primary N) is 1. The second kappa shape index (κ2) is 10.8. The zero-order chi connectivity index (χ0) is 19.5. The number of carbonyl (C=O) groups excluding carboxylic acids is 3. The Morgan fingerprint density at radius 2 is 1.81 bits per heavy atom. The third-order valence-corrected chi connectivity index (χ3v) is 3.51. The highest BCUT2D eigenvalue weighted by atomic mass is 16.5. The molecule has 0 aliphatic heterocycles. The molecule has 1 aromatic rings. The Kier molecular flexibility index (Phi) is 8.71. The molecule has 0 aliphatic carbocycles. The number of hydrogen-bond donors (Lipinski definition) is 3. The van der Waals surface area contributed by atoms with Crippen molar-refractivity contribution in [1.29, 1.82) is 0 Å². The normalized spacial score (nSPS) is 12.5. The number of amides is 3. The van der Waals surface area contributed by atoms with Crippen molar-refractivity contribution in [2.45, 2.75) is 45.4 Å². The minimum Gasteiger partial charge on any atom is -0.445 e. The second-order valence-corrected chi connectivity index (χ2v) is 6.26. The first-order chi connectivity index (χ1) is 12.3. The van der Waals surface area contributed by atoms with Crippen molar-refractivity contribution in [3.8, 4) is 12.3 Å². The molecule has 0 saturated carbocycles. The maximum atomic E-state index is 12.4. The van der Waals surface area contributed by atoms with E-state index in [9.17, 15) is 14.4 Å². The zero-order valence-corrected chi connectivity index (χ0v) is 15.0. The smallest absolute Gasteiger partial charge is 0.408 e. The number of nitrogens with one attached hydrogen (secondary N) is 2. The van der Waals surface area contributed by atoms with Gasteiger partial charge in [-0.2, -0.15) is 0 Å². The molecule has 0 heterocycles. The number of primary amides is 1. The van der Waals surface area contributed by atoms with Crippen LogP contribution in [-0.4, -0.2) is 30.0 Å². The molecule has 2 atom stereocenters. The topological polar surface area (TPSA) is 111 Å². The van der Waals surface area contributed by atoms with Crippen LogP contribution < -0.4 is 16.4 Å². The van der Waals surface area contributed by atoms with E-state index in [4.69, 9.17) is 16.9 Å². The summed E-state index contributed by atoms with van der Waals surface area (Å²) in [6.45, 7) is 3.90. The first kappa shape index (κ1) is 21.0. The summed E-state index contributed by atoms with van der Waals surface area (Å²) in [6, 6.07) is 7.33. The van der Waals surface area contributed by atoms with E-state index in [-0.39, 0.29) is 18.9 Å². The fraction of sp³-hybridized carbons (Fsp3) is 0.421. The van der Waals surface area contributed by atoms with Gasteiger partial charge in [0.15, 0.2) is 0 Å². The van der Waals surface area contributed by atoms with Crippen molar-refractivity contribution in [3.63, 3.8) is 0 Å². The number of alkyl carbamates (subject to hydrolysis) is 1. The molecular formula is C19H25N3O4. The SMILES string of the molecule is C#CC[C@H](NC(=O)[C@H](CC(C)C)NC(=O)OCc1ccccc1)C(N)=O. The van der Waals surface area contributed by atoms with Crippen LogP contribution in [0.15, 0.2) is 30.3 Å². The Bertz CT molecular complexity index is 652. The Balaban J connectivity index is 2.66. The fourth-order valence-electron chi connectivity index (χ4n) is 2.22. The summed E-state index contributed by atoms with van der Waals surface area (Å²) in [5.74, 6) is 1.15. The Hall–Kier alpha value is -3.01. The molecular weight excluding hydrogens is 334 g/mol. The third kappa shape index (κ3) is 7.71. The number of benzene rings is 1. The number of ether oxygens (including phenoxy) is 1. The van der Waals surface area contributed by atoms with E-state index in [0.29, 0.717) is 6.42 Å². The molecule has 26 heavy (non-hydrogen) atoms. The molecule has 0 spiro atoms. The minimum atomic E-state index is -0.982. The molecule has 0 radical (unpaired) electrons. The number of carbonyl (C=O) groups is 3. The van der Waals surface area contributed by atoms with Gasteiger partial charge in [-0.25, -0.2) is 4.79 Å². The lowest BCUT2D eigenvalue weighted by Crippen LogP contribution is -2.53. The van der Waals surface area contributed by atoms with Gasteiger partial charge in [-0.3, -0.25) is 9.59 Å². The molecule has 0 saturated heterocycles. The molecule has 140 valence electrons. The van der Waals surface area contributed by atoms with Crippen LogP contribution in [0, 0.1) is 18.3 Å². The van der Waals surface area contributed by atoms with E-state index >= 15 is 0 Å². The van der Waals surface area contributed by atoms with Gasteiger partial charge in [-0.15, -0.1) is 12.3 Å². The Morgan fingerprint density at radius 3 is 2.35 bits per heavy atom. The van der Waals surface area contributed by atoms with Crippen LogP contribution in [0.25, 0.3) is 0 Å². The molecule has 4 N–H and O–H groups in total. The zero-order valence-electron chi connectivity index (χ0n) is 15.0. The highest BCUT2D eigenvalue weighted by molar-refractivity contribution is 5.90. The highest BCUT2D eigenvalue weighted by Gasteiger charge is 2.26. The Morgan fingerprint density at radius 1 is 1.15 bits per heavy atom. The lowest BCUT2D eigenvalue weighted by Gasteiger charge is -2.22. The largest absolute Gasteiger partial charge is 0.445 e. The van der Waals surface area contributed by atoms with Gasteiger partial charge < -0.3 is 21.1 Å². The van der Waals surface area contributed by atoms with Gasteiger partial charge in [0.1, 0.15) is 18.7 Å². The van der Waals surface area contributed by atoms with E-state index in [1.165, 1.54) is 0 Å². The predicted octanol–water partition coefficient (Wildman–Crippen LogP) is 1.32. The monoisotopic (exact) mass is 359 g/mol. The Labute approximate surface area is 153 Å². The van der Waals surface area contributed by atoms with Gasteiger partial charge in [-0.1, -0.05) is 44.2 Å². The quantitative estimate of drug-likeness (QED) is 0.578. The van der Waals surface area contributed by atoms with Crippen molar-refractivity contribution in [3.05, 3.63) is 35.9 Å². The molecule has 0 bridgehead atoms. The van der Waals surface area contributed by atoms with Crippen LogP contribution in [0.4, 0.5) is 4.79 Å². The van der Waals surface area contributed by atoms with Crippen molar-refractivity contribution in [2.75, 3.05) is 0 Å². The van der Waals surface area contributed by atoms with Crippen molar-refractivity contribution in [1.82, 2.24) is 10.6 Å². The van der Waals surface area contributed by atoms with E-state index in [1.807, 2.05) is 44.2 Å². The molecule has 1 aromatic carbocycles. The summed E-state index contributed by atoms with van der Waals surface area (Å²) in [6.07, 6.45) is 4.81. The van der Waals surface area contributed by atoms with Crippen molar-refractivity contribution < 1.29 is 19.1 Å². The third-order valence-electron chi connectivity index (χ3n) is 3.51. The maximum Gasteiger partial charge on any atom is 0.408 e. The summed E-state index contributed by atoms with van der Waals surface area (Å²) < 4.78 is 5.14. The van der Waals surface area contributed by atoms with Gasteiger partial charge in [-0.05, 0) is 17.9 Å². The van der Waals surface area contributed by atoms with E-state index < -0.39 is 30.0 Å². The minimum absolute atomic E-state index is 0.0199. The van der Waals surface area contributed by atoms with Crippen LogP contribution >= 0.6 is 0 Å². The van der Waals surface area contributed by atoms with Gasteiger partial charge >= 0.3 is 6.09 Å². The van der Waals surface area contributed by atoms with E-state index in [2.05, 4.69) is 16.6 Å². The van der Waals surface area contributed by atoms with Gasteiger partial charge in [0.2, 0.25) is 11.8 Å². The summed E-state index contributed by atoms with van der Waals surface area (Å²) in [7, 11) is 0.